The third-order valence-electron chi connectivity index (χ3n) is 3.41. The third-order valence-corrected chi connectivity index (χ3v) is 3.73. The number of nitro benzene ring substituents is 1. The van der Waals surface area contributed by atoms with E-state index in [0.717, 1.165) is 25.7 Å². The second-order valence-corrected chi connectivity index (χ2v) is 5.41. The summed E-state index contributed by atoms with van der Waals surface area (Å²) in [6.07, 6.45) is 7.97. The molecule has 0 amide bonds. The summed E-state index contributed by atoms with van der Waals surface area (Å²) in [6.45, 7) is 0. The quantitative estimate of drug-likeness (QED) is 0.363. The third kappa shape index (κ3) is 4.56. The van der Waals surface area contributed by atoms with Crippen LogP contribution < -0.4 is 0 Å². The lowest BCUT2D eigenvalue weighted by Gasteiger charge is -2.20. The Morgan fingerprint density at radius 2 is 2.05 bits per heavy atom. The second kappa shape index (κ2) is 7.22. The lowest BCUT2D eigenvalue weighted by atomic mass is 9.98. The van der Waals surface area contributed by atoms with E-state index in [2.05, 4.69) is 0 Å². The first kappa shape index (κ1) is 15.5. The summed E-state index contributed by atoms with van der Waals surface area (Å²) in [6, 6.07) is 4.37. The first-order valence-corrected chi connectivity index (χ1v) is 7.26. The highest BCUT2D eigenvalue weighted by Crippen LogP contribution is 2.25. The highest BCUT2D eigenvalue weighted by Gasteiger charge is 2.16. The van der Waals surface area contributed by atoms with E-state index in [0.29, 0.717) is 5.56 Å². The van der Waals surface area contributed by atoms with Crippen LogP contribution in [-0.2, 0) is 9.53 Å². The Hall–Kier alpha value is -1.88. The van der Waals surface area contributed by atoms with Gasteiger partial charge in [-0.05, 0) is 43.4 Å². The van der Waals surface area contributed by atoms with Crippen molar-refractivity contribution < 1.29 is 14.5 Å². The predicted octanol–water partition coefficient (Wildman–Crippen LogP) is 4.14. The van der Waals surface area contributed by atoms with Gasteiger partial charge in [-0.2, -0.15) is 0 Å². The van der Waals surface area contributed by atoms with Gasteiger partial charge in [0.2, 0.25) is 0 Å². The Balaban J connectivity index is 1.98. The van der Waals surface area contributed by atoms with Gasteiger partial charge in [0.25, 0.3) is 5.69 Å². The highest BCUT2D eigenvalue weighted by molar-refractivity contribution is 6.32. The van der Waals surface area contributed by atoms with Crippen molar-refractivity contribution in [3.8, 4) is 0 Å². The molecule has 21 heavy (non-hydrogen) atoms. The van der Waals surface area contributed by atoms with Gasteiger partial charge in [0.15, 0.2) is 0 Å². The number of ether oxygens (including phenoxy) is 1. The van der Waals surface area contributed by atoms with Crippen LogP contribution in [-0.4, -0.2) is 17.0 Å². The second-order valence-electron chi connectivity index (χ2n) is 5.00. The van der Waals surface area contributed by atoms with Crippen molar-refractivity contribution >= 4 is 29.3 Å². The average Bonchev–Trinajstić information content (AvgIpc) is 2.47. The molecule has 112 valence electrons. The maximum atomic E-state index is 11.7. The zero-order valence-corrected chi connectivity index (χ0v) is 12.2. The minimum Gasteiger partial charge on any atom is -0.459 e. The van der Waals surface area contributed by atoms with E-state index in [1.54, 1.807) is 6.07 Å². The van der Waals surface area contributed by atoms with Gasteiger partial charge >= 0.3 is 5.97 Å². The van der Waals surface area contributed by atoms with Crippen molar-refractivity contribution in [3.05, 3.63) is 45.0 Å². The molecule has 0 atom stereocenters. The van der Waals surface area contributed by atoms with Gasteiger partial charge in [0.05, 0.1) is 4.92 Å². The number of carbonyl (C=O) groups excluding carboxylic acids is 1. The topological polar surface area (TPSA) is 69.4 Å². The molecule has 0 aliphatic heterocycles. The molecule has 0 spiro atoms. The van der Waals surface area contributed by atoms with E-state index in [9.17, 15) is 14.9 Å². The maximum Gasteiger partial charge on any atom is 0.331 e. The molecule has 2 rings (SSSR count). The summed E-state index contributed by atoms with van der Waals surface area (Å²) in [5.74, 6) is -0.417. The number of hydrogen-bond acceptors (Lipinski definition) is 4. The van der Waals surface area contributed by atoms with E-state index in [1.807, 2.05) is 0 Å². The molecule has 1 aliphatic rings. The Morgan fingerprint density at radius 3 is 2.71 bits per heavy atom. The van der Waals surface area contributed by atoms with E-state index in [4.69, 9.17) is 16.3 Å². The smallest absolute Gasteiger partial charge is 0.331 e. The van der Waals surface area contributed by atoms with Crippen LogP contribution in [0.4, 0.5) is 5.69 Å². The minimum absolute atomic E-state index is 0.00421. The lowest BCUT2D eigenvalue weighted by Crippen LogP contribution is -2.19. The van der Waals surface area contributed by atoms with Gasteiger partial charge in [-0.25, -0.2) is 4.79 Å². The fourth-order valence-corrected chi connectivity index (χ4v) is 2.51. The van der Waals surface area contributed by atoms with Crippen LogP contribution in [0.2, 0.25) is 5.02 Å². The van der Waals surface area contributed by atoms with Gasteiger partial charge in [-0.3, -0.25) is 10.1 Å². The lowest BCUT2D eigenvalue weighted by molar-refractivity contribution is -0.384. The van der Waals surface area contributed by atoms with Crippen LogP contribution in [0.15, 0.2) is 24.3 Å². The number of halogens is 1. The summed E-state index contributed by atoms with van der Waals surface area (Å²) < 4.78 is 5.33. The minimum atomic E-state index is -0.556. The monoisotopic (exact) mass is 309 g/mol. The van der Waals surface area contributed by atoms with E-state index >= 15 is 0 Å². The molecule has 0 N–H and O–H groups in total. The molecule has 5 nitrogen and oxygen atoms in total. The molecule has 1 aromatic rings. The summed E-state index contributed by atoms with van der Waals surface area (Å²) in [5.41, 5.74) is 0.353. The Kier molecular flexibility index (Phi) is 5.33. The predicted molar refractivity (Wildman–Crippen MR) is 80.1 cm³/mol. The van der Waals surface area contributed by atoms with Crippen LogP contribution in [0, 0.1) is 10.1 Å². The first-order chi connectivity index (χ1) is 10.1. The maximum absolute atomic E-state index is 11.7. The largest absolute Gasteiger partial charge is 0.459 e. The van der Waals surface area contributed by atoms with Gasteiger partial charge in [0, 0.05) is 12.1 Å². The molecule has 1 aliphatic carbocycles. The Morgan fingerprint density at radius 1 is 1.33 bits per heavy atom. The van der Waals surface area contributed by atoms with Gasteiger partial charge in [0.1, 0.15) is 11.1 Å². The van der Waals surface area contributed by atoms with Crippen LogP contribution in [0.3, 0.4) is 0 Å². The van der Waals surface area contributed by atoms with Crippen molar-refractivity contribution in [2.75, 3.05) is 0 Å². The Bertz CT molecular complexity index is 565. The zero-order valence-electron chi connectivity index (χ0n) is 11.5. The van der Waals surface area contributed by atoms with Crippen molar-refractivity contribution in [2.45, 2.75) is 38.2 Å². The number of carbonyl (C=O) groups is 1. The van der Waals surface area contributed by atoms with Crippen molar-refractivity contribution in [1.82, 2.24) is 0 Å². The fourth-order valence-electron chi connectivity index (χ4n) is 2.32. The van der Waals surface area contributed by atoms with Gasteiger partial charge in [-0.15, -0.1) is 0 Å². The van der Waals surface area contributed by atoms with E-state index in [-0.39, 0.29) is 16.8 Å². The summed E-state index contributed by atoms with van der Waals surface area (Å²) in [4.78, 5) is 21.9. The van der Waals surface area contributed by atoms with Crippen molar-refractivity contribution in [2.24, 2.45) is 0 Å². The summed E-state index contributed by atoms with van der Waals surface area (Å²) in [5, 5.41) is 10.9. The highest BCUT2D eigenvalue weighted by atomic mass is 35.5. The summed E-state index contributed by atoms with van der Waals surface area (Å²) in [7, 11) is 0. The number of hydrogen-bond donors (Lipinski definition) is 0. The molecule has 0 aromatic heterocycles. The Labute approximate surface area is 127 Å². The molecule has 1 fully saturated rings. The van der Waals surface area contributed by atoms with E-state index in [1.165, 1.54) is 30.7 Å². The van der Waals surface area contributed by atoms with Gasteiger partial charge in [-0.1, -0.05) is 24.1 Å². The number of nitrogens with zero attached hydrogens (tertiary/aromatic N) is 1. The molecule has 1 saturated carbocycles. The van der Waals surface area contributed by atoms with Crippen molar-refractivity contribution in [1.29, 1.82) is 0 Å². The van der Waals surface area contributed by atoms with Crippen LogP contribution in [0.25, 0.3) is 6.08 Å². The fraction of sp³-hybridized carbons (Fsp3) is 0.400. The van der Waals surface area contributed by atoms with Crippen LogP contribution in [0.5, 0.6) is 0 Å². The number of esters is 1. The van der Waals surface area contributed by atoms with Crippen LogP contribution >= 0.6 is 11.6 Å². The molecular weight excluding hydrogens is 294 g/mol. The van der Waals surface area contributed by atoms with Crippen LogP contribution in [0.1, 0.15) is 37.7 Å². The van der Waals surface area contributed by atoms with Crippen molar-refractivity contribution in [3.63, 3.8) is 0 Å². The number of rotatable bonds is 4. The number of benzene rings is 1. The molecule has 0 unspecified atom stereocenters. The average molecular weight is 310 g/mol. The van der Waals surface area contributed by atoms with E-state index < -0.39 is 10.9 Å². The first-order valence-electron chi connectivity index (χ1n) is 6.89. The SMILES string of the molecule is O=C(C=Cc1ccc(Cl)c([N+](=O)[O-])c1)OC1CCCCC1. The normalized spacial score (nSPS) is 16.0. The number of nitro groups is 1. The summed E-state index contributed by atoms with van der Waals surface area (Å²) >= 11 is 5.73. The molecule has 1 aromatic carbocycles. The zero-order chi connectivity index (χ0) is 15.2. The molecule has 6 heteroatoms. The molecule has 0 heterocycles. The molecule has 0 bridgehead atoms. The molecule has 0 saturated heterocycles. The standard InChI is InChI=1S/C15H16ClNO4/c16-13-8-6-11(10-14(13)17(19)20)7-9-15(18)21-12-4-2-1-3-5-12/h6-10,12H,1-5H2. The van der Waals surface area contributed by atoms with Gasteiger partial charge < -0.3 is 4.74 Å². The molecular formula is C15H16ClNO4. The molecule has 0 radical (unpaired) electrons.